The Kier molecular flexibility index (Phi) is 4.42. The first-order valence-electron chi connectivity index (χ1n) is 5.43. The van der Waals surface area contributed by atoms with Crippen LogP contribution in [0.1, 0.15) is 46.0 Å². The van der Waals surface area contributed by atoms with Gasteiger partial charge in [0.2, 0.25) is 5.91 Å². The van der Waals surface area contributed by atoms with Gasteiger partial charge in [0.05, 0.1) is 0 Å². The van der Waals surface area contributed by atoms with Gasteiger partial charge in [-0.05, 0) is 33.1 Å². The van der Waals surface area contributed by atoms with Crippen LogP contribution in [0.3, 0.4) is 0 Å². The first kappa shape index (κ1) is 12.0. The highest BCUT2D eigenvalue weighted by atomic mass is 79.9. The molecule has 0 unspecified atom stereocenters. The third kappa shape index (κ3) is 3.60. The Morgan fingerprint density at radius 2 is 2.00 bits per heavy atom. The summed E-state index contributed by atoms with van der Waals surface area (Å²) in [6.45, 7) is 4.17. The van der Waals surface area contributed by atoms with Crippen molar-refractivity contribution < 1.29 is 4.79 Å². The second-order valence-electron chi connectivity index (χ2n) is 4.79. The van der Waals surface area contributed by atoms with Crippen LogP contribution in [-0.2, 0) is 4.79 Å². The minimum absolute atomic E-state index is 0.0663. The van der Waals surface area contributed by atoms with Gasteiger partial charge in [0, 0.05) is 16.8 Å². The fraction of sp³-hybridized carbons (Fsp3) is 0.909. The van der Waals surface area contributed by atoms with E-state index in [9.17, 15) is 4.79 Å². The Labute approximate surface area is 95.0 Å². The minimum Gasteiger partial charge on any atom is -0.351 e. The van der Waals surface area contributed by atoms with E-state index in [2.05, 4.69) is 35.1 Å². The Morgan fingerprint density at radius 1 is 1.43 bits per heavy atom. The molecule has 0 saturated heterocycles. The molecule has 0 aliphatic heterocycles. The van der Waals surface area contributed by atoms with Crippen molar-refractivity contribution in [2.24, 2.45) is 5.92 Å². The van der Waals surface area contributed by atoms with Gasteiger partial charge in [0.15, 0.2) is 0 Å². The lowest BCUT2D eigenvalue weighted by molar-refractivity contribution is -0.126. The number of carbonyl (C=O) groups excluding carboxylic acids is 1. The summed E-state index contributed by atoms with van der Waals surface area (Å²) >= 11 is 3.41. The quantitative estimate of drug-likeness (QED) is 0.775. The van der Waals surface area contributed by atoms with Gasteiger partial charge in [-0.25, -0.2) is 0 Å². The van der Waals surface area contributed by atoms with Crippen LogP contribution in [0.25, 0.3) is 0 Å². The van der Waals surface area contributed by atoms with Gasteiger partial charge in [-0.2, -0.15) is 0 Å². The molecule has 0 aromatic carbocycles. The number of amides is 1. The molecule has 0 atom stereocenters. The summed E-state index contributed by atoms with van der Waals surface area (Å²) in [6, 6.07) is 0. The Hall–Kier alpha value is -0.0500. The summed E-state index contributed by atoms with van der Waals surface area (Å²) < 4.78 is 0. The summed E-state index contributed by atoms with van der Waals surface area (Å²) in [4.78, 5) is 11.8. The van der Waals surface area contributed by atoms with Crippen LogP contribution in [0.15, 0.2) is 0 Å². The van der Waals surface area contributed by atoms with E-state index >= 15 is 0 Å². The molecule has 2 nitrogen and oxygen atoms in total. The molecule has 1 aliphatic carbocycles. The molecule has 0 heterocycles. The van der Waals surface area contributed by atoms with Crippen LogP contribution in [0.4, 0.5) is 0 Å². The van der Waals surface area contributed by atoms with Gasteiger partial charge < -0.3 is 5.32 Å². The molecule has 0 aromatic rings. The number of nitrogens with one attached hydrogen (secondary N) is 1. The highest BCUT2D eigenvalue weighted by Gasteiger charge is 2.27. The molecule has 0 radical (unpaired) electrons. The average molecular weight is 262 g/mol. The molecule has 0 aromatic heterocycles. The van der Waals surface area contributed by atoms with Crippen LogP contribution < -0.4 is 5.32 Å². The number of hydrogen-bond donors (Lipinski definition) is 1. The first-order chi connectivity index (χ1) is 6.55. The van der Waals surface area contributed by atoms with Crippen molar-refractivity contribution in [2.45, 2.75) is 51.5 Å². The van der Waals surface area contributed by atoms with Crippen LogP contribution in [-0.4, -0.2) is 16.8 Å². The first-order valence-corrected chi connectivity index (χ1v) is 6.55. The number of alkyl halides is 1. The average Bonchev–Trinajstić information content (AvgIpc) is 2.53. The Balaban J connectivity index is 2.38. The zero-order chi connectivity index (χ0) is 10.6. The lowest BCUT2D eigenvalue weighted by Gasteiger charge is -2.27. The maximum absolute atomic E-state index is 11.8. The number of halogens is 1. The van der Waals surface area contributed by atoms with E-state index in [-0.39, 0.29) is 17.4 Å². The number of rotatable bonds is 4. The number of carbonyl (C=O) groups is 1. The molecular formula is C11H20BrNO. The van der Waals surface area contributed by atoms with E-state index in [1.165, 1.54) is 12.8 Å². The fourth-order valence-electron chi connectivity index (χ4n) is 1.92. The topological polar surface area (TPSA) is 29.1 Å². The van der Waals surface area contributed by atoms with E-state index in [0.29, 0.717) is 0 Å². The molecule has 14 heavy (non-hydrogen) atoms. The van der Waals surface area contributed by atoms with Crippen LogP contribution in [0.2, 0.25) is 0 Å². The summed E-state index contributed by atoms with van der Waals surface area (Å²) in [5.74, 6) is 0.540. The Morgan fingerprint density at radius 3 is 2.50 bits per heavy atom. The fourth-order valence-corrected chi connectivity index (χ4v) is 2.91. The molecule has 1 rings (SSSR count). The van der Waals surface area contributed by atoms with Gasteiger partial charge in [0.25, 0.3) is 0 Å². The highest BCUT2D eigenvalue weighted by molar-refractivity contribution is 9.09. The minimum atomic E-state index is -0.0663. The van der Waals surface area contributed by atoms with Gasteiger partial charge in [-0.1, -0.05) is 28.8 Å². The lowest BCUT2D eigenvalue weighted by Crippen LogP contribution is -2.45. The summed E-state index contributed by atoms with van der Waals surface area (Å²) in [6.07, 6.45) is 5.58. The molecule has 3 heteroatoms. The molecule has 1 saturated carbocycles. The predicted octanol–water partition coefficient (Wildman–Crippen LogP) is 2.86. The van der Waals surface area contributed by atoms with Crippen LogP contribution >= 0.6 is 15.9 Å². The summed E-state index contributed by atoms with van der Waals surface area (Å²) in [5.41, 5.74) is -0.0663. The van der Waals surface area contributed by atoms with E-state index in [1.807, 2.05) is 0 Å². The summed E-state index contributed by atoms with van der Waals surface area (Å²) in [5, 5.41) is 4.07. The van der Waals surface area contributed by atoms with E-state index in [0.717, 1.165) is 24.6 Å². The molecule has 1 fully saturated rings. The second-order valence-corrected chi connectivity index (χ2v) is 5.59. The maximum Gasteiger partial charge on any atom is 0.223 e. The van der Waals surface area contributed by atoms with E-state index in [4.69, 9.17) is 0 Å². The molecule has 1 N–H and O–H groups in total. The van der Waals surface area contributed by atoms with Crippen molar-refractivity contribution in [3.63, 3.8) is 0 Å². The van der Waals surface area contributed by atoms with Crippen LogP contribution in [0.5, 0.6) is 0 Å². The molecule has 0 spiro atoms. The van der Waals surface area contributed by atoms with Crippen molar-refractivity contribution in [2.75, 3.05) is 5.33 Å². The van der Waals surface area contributed by atoms with Crippen molar-refractivity contribution in [3.8, 4) is 0 Å². The van der Waals surface area contributed by atoms with E-state index in [1.54, 1.807) is 0 Å². The summed E-state index contributed by atoms with van der Waals surface area (Å²) in [7, 11) is 0. The standard InChI is InChI=1S/C11H20BrNO/c1-11(2,7-8-12)13-10(14)9-5-3-4-6-9/h9H,3-8H2,1-2H3,(H,13,14). The largest absolute Gasteiger partial charge is 0.351 e. The van der Waals surface area contributed by atoms with Gasteiger partial charge in [-0.15, -0.1) is 0 Å². The molecule has 1 aliphatic rings. The lowest BCUT2D eigenvalue weighted by atomic mass is 9.99. The van der Waals surface area contributed by atoms with Crippen molar-refractivity contribution in [1.82, 2.24) is 5.32 Å². The second kappa shape index (κ2) is 5.15. The maximum atomic E-state index is 11.8. The van der Waals surface area contributed by atoms with Gasteiger partial charge in [-0.3, -0.25) is 4.79 Å². The van der Waals surface area contributed by atoms with Crippen molar-refractivity contribution in [1.29, 1.82) is 0 Å². The zero-order valence-corrected chi connectivity index (χ0v) is 10.7. The molecule has 0 bridgehead atoms. The Bertz CT molecular complexity index is 197. The highest BCUT2D eigenvalue weighted by Crippen LogP contribution is 2.25. The van der Waals surface area contributed by atoms with Crippen LogP contribution in [0, 0.1) is 5.92 Å². The number of hydrogen-bond acceptors (Lipinski definition) is 1. The third-order valence-electron chi connectivity index (χ3n) is 2.91. The van der Waals surface area contributed by atoms with Gasteiger partial charge in [0.1, 0.15) is 0 Å². The van der Waals surface area contributed by atoms with Gasteiger partial charge >= 0.3 is 0 Å². The monoisotopic (exact) mass is 261 g/mol. The van der Waals surface area contributed by atoms with Crippen molar-refractivity contribution >= 4 is 21.8 Å². The molecule has 1 amide bonds. The predicted molar refractivity (Wildman–Crippen MR) is 62.6 cm³/mol. The third-order valence-corrected chi connectivity index (χ3v) is 3.30. The molecular weight excluding hydrogens is 242 g/mol. The normalized spacial score (nSPS) is 18.5. The van der Waals surface area contributed by atoms with Crippen molar-refractivity contribution in [3.05, 3.63) is 0 Å². The molecule has 82 valence electrons. The zero-order valence-electron chi connectivity index (χ0n) is 9.11. The van der Waals surface area contributed by atoms with E-state index < -0.39 is 0 Å². The SMILES string of the molecule is CC(C)(CCBr)NC(=O)C1CCCC1. The smallest absolute Gasteiger partial charge is 0.223 e.